The molecule has 0 aliphatic carbocycles. The summed E-state index contributed by atoms with van der Waals surface area (Å²) in [5.41, 5.74) is -1.87. The van der Waals surface area contributed by atoms with E-state index in [0.717, 1.165) is 18.2 Å². The summed E-state index contributed by atoms with van der Waals surface area (Å²) >= 11 is 0. The normalized spacial score (nSPS) is 12.4. The van der Waals surface area contributed by atoms with E-state index in [0.29, 0.717) is 0 Å². The summed E-state index contributed by atoms with van der Waals surface area (Å²) in [5, 5.41) is 2.06. The molecule has 0 fully saturated rings. The van der Waals surface area contributed by atoms with Crippen LogP contribution in [0.4, 0.5) is 23.2 Å². The molecule has 2 aromatic rings. The summed E-state index contributed by atoms with van der Waals surface area (Å²) in [4.78, 5) is 23.8. The fraction of sp³-hybridized carbons (Fsp3) is 0.176. The number of carbonyl (C=O) groups is 2. The second kappa shape index (κ2) is 7.33. The molecule has 132 valence electrons. The van der Waals surface area contributed by atoms with Crippen LogP contribution in [0.15, 0.2) is 48.5 Å². The summed E-state index contributed by atoms with van der Waals surface area (Å²) in [5.74, 6) is -2.89. The van der Waals surface area contributed by atoms with E-state index in [2.05, 4.69) is 5.32 Å². The van der Waals surface area contributed by atoms with Gasteiger partial charge in [0, 0.05) is 0 Å². The second-order valence-corrected chi connectivity index (χ2v) is 5.06. The fourth-order valence-electron chi connectivity index (χ4n) is 1.98. The third-order valence-corrected chi connectivity index (χ3v) is 3.24. The number of halogens is 4. The van der Waals surface area contributed by atoms with Crippen molar-refractivity contribution in [2.75, 3.05) is 5.32 Å². The molecule has 2 aromatic carbocycles. The van der Waals surface area contributed by atoms with Gasteiger partial charge in [0.05, 0.1) is 16.8 Å². The fourth-order valence-corrected chi connectivity index (χ4v) is 1.98. The average molecular weight is 355 g/mol. The number of amides is 1. The van der Waals surface area contributed by atoms with Gasteiger partial charge in [-0.15, -0.1) is 0 Å². The number of anilines is 1. The number of ether oxygens (including phenoxy) is 1. The van der Waals surface area contributed by atoms with Crippen LogP contribution in [0.25, 0.3) is 0 Å². The van der Waals surface area contributed by atoms with Gasteiger partial charge in [-0.1, -0.05) is 24.3 Å². The van der Waals surface area contributed by atoms with Crippen LogP contribution in [0.3, 0.4) is 0 Å². The van der Waals surface area contributed by atoms with Gasteiger partial charge in [0.25, 0.3) is 5.91 Å². The number of esters is 1. The van der Waals surface area contributed by atoms with Crippen LogP contribution in [-0.4, -0.2) is 18.0 Å². The summed E-state index contributed by atoms with van der Waals surface area (Å²) in [6.07, 6.45) is -6.08. The lowest BCUT2D eigenvalue weighted by Crippen LogP contribution is -2.31. The molecule has 0 aliphatic heterocycles. The van der Waals surface area contributed by atoms with Gasteiger partial charge in [0.15, 0.2) is 6.10 Å². The van der Waals surface area contributed by atoms with Crippen LogP contribution < -0.4 is 5.32 Å². The van der Waals surface area contributed by atoms with Crippen molar-refractivity contribution < 1.29 is 31.9 Å². The van der Waals surface area contributed by atoms with Gasteiger partial charge in [0.2, 0.25) is 0 Å². The predicted molar refractivity (Wildman–Crippen MR) is 81.4 cm³/mol. The van der Waals surface area contributed by atoms with E-state index < -0.39 is 41.2 Å². The van der Waals surface area contributed by atoms with E-state index in [-0.39, 0.29) is 5.56 Å². The molecule has 1 atom stereocenters. The van der Waals surface area contributed by atoms with Gasteiger partial charge in [0.1, 0.15) is 5.82 Å². The molecule has 0 radical (unpaired) electrons. The average Bonchev–Trinajstić information content (AvgIpc) is 2.54. The topological polar surface area (TPSA) is 55.4 Å². The maximum absolute atomic E-state index is 13.5. The molecule has 0 saturated heterocycles. The number of benzene rings is 2. The number of carbonyl (C=O) groups excluding carboxylic acids is 2. The number of rotatable bonds is 4. The van der Waals surface area contributed by atoms with Crippen molar-refractivity contribution in [3.8, 4) is 0 Å². The van der Waals surface area contributed by atoms with Crippen LogP contribution in [0.2, 0.25) is 0 Å². The van der Waals surface area contributed by atoms with E-state index in [1.807, 2.05) is 0 Å². The van der Waals surface area contributed by atoms with Crippen molar-refractivity contribution in [3.63, 3.8) is 0 Å². The molecular formula is C17H13F4NO3. The third-order valence-electron chi connectivity index (χ3n) is 3.24. The van der Waals surface area contributed by atoms with E-state index >= 15 is 0 Å². The molecule has 0 aliphatic rings. The minimum Gasteiger partial charge on any atom is -0.449 e. The molecule has 0 bridgehead atoms. The van der Waals surface area contributed by atoms with Crippen molar-refractivity contribution in [1.82, 2.24) is 0 Å². The SMILES string of the molecule is C[C@H](OC(=O)c1ccccc1F)C(=O)Nc1ccccc1C(F)(F)F. The maximum atomic E-state index is 13.5. The zero-order valence-corrected chi connectivity index (χ0v) is 12.9. The molecule has 25 heavy (non-hydrogen) atoms. The molecular weight excluding hydrogens is 342 g/mol. The lowest BCUT2D eigenvalue weighted by atomic mass is 10.1. The highest BCUT2D eigenvalue weighted by Gasteiger charge is 2.34. The van der Waals surface area contributed by atoms with Gasteiger partial charge in [-0.3, -0.25) is 4.79 Å². The van der Waals surface area contributed by atoms with Crippen LogP contribution in [0.1, 0.15) is 22.8 Å². The Morgan fingerprint density at radius 1 is 1.04 bits per heavy atom. The Labute approximate surface area is 140 Å². The van der Waals surface area contributed by atoms with Crippen LogP contribution in [-0.2, 0) is 15.7 Å². The first-order valence-corrected chi connectivity index (χ1v) is 7.12. The van der Waals surface area contributed by atoms with Gasteiger partial charge < -0.3 is 10.1 Å². The summed E-state index contributed by atoms with van der Waals surface area (Å²) in [6.45, 7) is 1.17. The minimum absolute atomic E-state index is 0.377. The number of hydrogen-bond donors (Lipinski definition) is 1. The summed E-state index contributed by atoms with van der Waals surface area (Å²) in [6, 6.07) is 9.38. The van der Waals surface area contributed by atoms with Crippen LogP contribution in [0, 0.1) is 5.82 Å². The Balaban J connectivity index is 2.09. The van der Waals surface area contributed by atoms with Crippen LogP contribution in [0.5, 0.6) is 0 Å². The van der Waals surface area contributed by atoms with Crippen molar-refractivity contribution in [3.05, 3.63) is 65.5 Å². The molecule has 0 heterocycles. The highest BCUT2D eigenvalue weighted by atomic mass is 19.4. The molecule has 0 saturated carbocycles. The zero-order valence-electron chi connectivity index (χ0n) is 12.9. The Bertz CT molecular complexity index is 789. The van der Waals surface area contributed by atoms with Crippen molar-refractivity contribution >= 4 is 17.6 Å². The molecule has 2 rings (SSSR count). The van der Waals surface area contributed by atoms with Gasteiger partial charge >= 0.3 is 12.1 Å². The first-order valence-electron chi connectivity index (χ1n) is 7.12. The van der Waals surface area contributed by atoms with Crippen molar-refractivity contribution in [1.29, 1.82) is 0 Å². The summed E-state index contributed by atoms with van der Waals surface area (Å²) < 4.78 is 57.0. The summed E-state index contributed by atoms with van der Waals surface area (Å²) in [7, 11) is 0. The van der Waals surface area contributed by atoms with E-state index in [1.165, 1.54) is 37.3 Å². The number of para-hydroxylation sites is 1. The molecule has 0 unspecified atom stereocenters. The van der Waals surface area contributed by atoms with E-state index in [1.54, 1.807) is 0 Å². The minimum atomic E-state index is -4.66. The maximum Gasteiger partial charge on any atom is 0.418 e. The van der Waals surface area contributed by atoms with Gasteiger partial charge in [-0.2, -0.15) is 13.2 Å². The Morgan fingerprint density at radius 2 is 1.64 bits per heavy atom. The van der Waals surface area contributed by atoms with E-state index in [9.17, 15) is 27.2 Å². The number of hydrogen-bond acceptors (Lipinski definition) is 3. The third kappa shape index (κ3) is 4.56. The number of nitrogens with one attached hydrogen (secondary N) is 1. The first-order chi connectivity index (χ1) is 11.7. The van der Waals surface area contributed by atoms with E-state index in [4.69, 9.17) is 4.74 Å². The Hall–Kier alpha value is -2.90. The standard InChI is InChI=1S/C17H13F4NO3/c1-10(25-16(24)11-6-2-4-8-13(11)18)15(23)22-14-9-5-3-7-12(14)17(19,20)21/h2-10H,1H3,(H,22,23)/t10-/m0/s1. The molecule has 0 spiro atoms. The lowest BCUT2D eigenvalue weighted by molar-refractivity contribution is -0.137. The Morgan fingerprint density at radius 3 is 2.28 bits per heavy atom. The number of alkyl halides is 3. The lowest BCUT2D eigenvalue weighted by Gasteiger charge is -2.17. The zero-order chi connectivity index (χ0) is 18.6. The highest BCUT2D eigenvalue weighted by molar-refractivity contribution is 5.97. The molecule has 1 N–H and O–H groups in total. The van der Waals surface area contributed by atoms with Crippen molar-refractivity contribution in [2.24, 2.45) is 0 Å². The van der Waals surface area contributed by atoms with Gasteiger partial charge in [-0.05, 0) is 31.2 Å². The monoisotopic (exact) mass is 355 g/mol. The second-order valence-electron chi connectivity index (χ2n) is 5.06. The molecule has 8 heteroatoms. The highest BCUT2D eigenvalue weighted by Crippen LogP contribution is 2.34. The smallest absolute Gasteiger partial charge is 0.418 e. The van der Waals surface area contributed by atoms with Crippen molar-refractivity contribution in [2.45, 2.75) is 19.2 Å². The van der Waals surface area contributed by atoms with Gasteiger partial charge in [-0.25, -0.2) is 9.18 Å². The quantitative estimate of drug-likeness (QED) is 0.666. The first kappa shape index (κ1) is 18.4. The largest absolute Gasteiger partial charge is 0.449 e. The molecule has 0 aromatic heterocycles. The molecule has 1 amide bonds. The Kier molecular flexibility index (Phi) is 5.41. The predicted octanol–water partition coefficient (Wildman–Crippen LogP) is 4.03. The molecule has 4 nitrogen and oxygen atoms in total. The van der Waals surface area contributed by atoms with Crippen LogP contribution >= 0.6 is 0 Å².